The molecule has 1 unspecified atom stereocenters. The topological polar surface area (TPSA) is 43.8 Å². The Bertz CT molecular complexity index is 286. The van der Waals surface area contributed by atoms with Gasteiger partial charge in [0.05, 0.1) is 0 Å². The van der Waals surface area contributed by atoms with Crippen LogP contribution < -0.4 is 5.73 Å². The molecule has 0 spiro atoms. The van der Waals surface area contributed by atoms with Gasteiger partial charge in [0.2, 0.25) is 0 Å². The normalized spacial score (nSPS) is 15.9. The van der Waals surface area contributed by atoms with Gasteiger partial charge < -0.3 is 10.3 Å². The molecule has 0 saturated carbocycles. The third-order valence-corrected chi connectivity index (χ3v) is 3.13. The van der Waals surface area contributed by atoms with E-state index in [4.69, 9.17) is 5.73 Å². The summed E-state index contributed by atoms with van der Waals surface area (Å²) >= 11 is 0. The van der Waals surface area contributed by atoms with Gasteiger partial charge in [0.15, 0.2) is 0 Å². The number of aromatic nitrogens is 2. The van der Waals surface area contributed by atoms with E-state index in [0.29, 0.717) is 5.92 Å². The zero-order chi connectivity index (χ0) is 10.8. The molecule has 1 aromatic rings. The Hall–Kier alpha value is -0.830. The number of nitrogens with two attached hydrogens (primary N) is 1. The summed E-state index contributed by atoms with van der Waals surface area (Å²) in [6.45, 7) is 6.44. The molecule has 1 aromatic heterocycles. The second-order valence-electron chi connectivity index (χ2n) is 4.61. The molecule has 14 heavy (non-hydrogen) atoms. The van der Waals surface area contributed by atoms with Crippen molar-refractivity contribution >= 4 is 0 Å². The molecular weight excluding hydrogens is 174 g/mol. The van der Waals surface area contributed by atoms with E-state index >= 15 is 0 Å². The summed E-state index contributed by atoms with van der Waals surface area (Å²) in [6.07, 6.45) is 5.74. The number of hydrogen-bond acceptors (Lipinski definition) is 2. The molecule has 80 valence electrons. The average Bonchev–Trinajstić information content (AvgIpc) is 2.47. The molecule has 0 radical (unpaired) electrons. The van der Waals surface area contributed by atoms with E-state index in [2.05, 4.69) is 30.3 Å². The highest BCUT2D eigenvalue weighted by Gasteiger charge is 2.22. The largest absolute Gasteiger partial charge is 0.338 e. The van der Waals surface area contributed by atoms with Crippen LogP contribution in [0.2, 0.25) is 0 Å². The molecule has 0 bridgehead atoms. The van der Waals surface area contributed by atoms with Gasteiger partial charge in [-0.3, -0.25) is 0 Å². The first-order valence-corrected chi connectivity index (χ1v) is 5.18. The molecule has 2 N–H and O–H groups in total. The molecule has 0 aliphatic rings. The maximum Gasteiger partial charge on any atom is 0.108 e. The number of nitrogens with zero attached hydrogens (tertiary/aromatic N) is 2. The molecule has 1 heterocycles. The Morgan fingerprint density at radius 1 is 1.57 bits per heavy atom. The van der Waals surface area contributed by atoms with Gasteiger partial charge in [-0.1, -0.05) is 13.8 Å². The van der Waals surface area contributed by atoms with E-state index in [1.54, 1.807) is 0 Å². The fourth-order valence-corrected chi connectivity index (χ4v) is 1.31. The van der Waals surface area contributed by atoms with Crippen LogP contribution in [-0.4, -0.2) is 15.1 Å². The molecule has 1 atom stereocenters. The Balaban J connectivity index is 2.53. The predicted octanol–water partition coefficient (Wildman–Crippen LogP) is 1.73. The van der Waals surface area contributed by atoms with Crippen molar-refractivity contribution in [3.63, 3.8) is 0 Å². The lowest BCUT2D eigenvalue weighted by Gasteiger charge is -2.28. The first kappa shape index (κ1) is 11.2. The van der Waals surface area contributed by atoms with E-state index in [1.807, 2.05) is 19.4 Å². The van der Waals surface area contributed by atoms with E-state index in [-0.39, 0.29) is 5.54 Å². The van der Waals surface area contributed by atoms with Gasteiger partial charge in [0, 0.05) is 31.4 Å². The molecule has 0 saturated heterocycles. The van der Waals surface area contributed by atoms with Gasteiger partial charge in [-0.15, -0.1) is 0 Å². The highest BCUT2D eigenvalue weighted by Crippen LogP contribution is 2.19. The maximum atomic E-state index is 6.19. The monoisotopic (exact) mass is 195 g/mol. The van der Waals surface area contributed by atoms with Gasteiger partial charge in [0.25, 0.3) is 0 Å². The molecule has 1 rings (SSSR count). The molecule has 0 aliphatic carbocycles. The van der Waals surface area contributed by atoms with Gasteiger partial charge in [-0.05, 0) is 19.3 Å². The summed E-state index contributed by atoms with van der Waals surface area (Å²) in [5.74, 6) is 1.62. The number of rotatable bonds is 4. The Morgan fingerprint density at radius 3 is 2.64 bits per heavy atom. The molecule has 3 nitrogen and oxygen atoms in total. The number of aryl methyl sites for hydroxylation is 2. The highest BCUT2D eigenvalue weighted by atomic mass is 15.0. The van der Waals surface area contributed by atoms with Crippen molar-refractivity contribution in [1.29, 1.82) is 0 Å². The summed E-state index contributed by atoms with van der Waals surface area (Å²) in [7, 11) is 2.02. The van der Waals surface area contributed by atoms with Gasteiger partial charge in [-0.25, -0.2) is 4.98 Å². The van der Waals surface area contributed by atoms with Crippen LogP contribution >= 0.6 is 0 Å². The van der Waals surface area contributed by atoms with E-state index in [1.165, 1.54) is 0 Å². The second-order valence-corrected chi connectivity index (χ2v) is 4.61. The van der Waals surface area contributed by atoms with Gasteiger partial charge in [0.1, 0.15) is 5.82 Å². The second kappa shape index (κ2) is 4.13. The number of hydrogen-bond donors (Lipinski definition) is 1. The van der Waals surface area contributed by atoms with Crippen molar-refractivity contribution in [2.75, 3.05) is 0 Å². The number of imidazole rings is 1. The van der Waals surface area contributed by atoms with Crippen molar-refractivity contribution in [2.24, 2.45) is 18.7 Å². The van der Waals surface area contributed by atoms with Crippen LogP contribution in [0.15, 0.2) is 12.4 Å². The minimum atomic E-state index is -0.0913. The molecule has 0 aromatic carbocycles. The lowest BCUT2D eigenvalue weighted by Crippen LogP contribution is -2.42. The highest BCUT2D eigenvalue weighted by molar-refractivity contribution is 4.94. The summed E-state index contributed by atoms with van der Waals surface area (Å²) in [5, 5.41) is 0. The minimum Gasteiger partial charge on any atom is -0.338 e. The first-order valence-electron chi connectivity index (χ1n) is 5.18. The Morgan fingerprint density at radius 2 is 2.21 bits per heavy atom. The quantitative estimate of drug-likeness (QED) is 0.795. The van der Waals surface area contributed by atoms with E-state index in [0.717, 1.165) is 18.7 Å². The van der Waals surface area contributed by atoms with Crippen LogP contribution in [0.25, 0.3) is 0 Å². The fourth-order valence-electron chi connectivity index (χ4n) is 1.31. The Labute approximate surface area is 86.3 Å². The fraction of sp³-hybridized carbons (Fsp3) is 0.727. The van der Waals surface area contributed by atoms with Crippen molar-refractivity contribution in [1.82, 2.24) is 9.55 Å². The van der Waals surface area contributed by atoms with E-state index < -0.39 is 0 Å². The molecular formula is C11H21N3. The molecule has 3 heteroatoms. The standard InChI is InChI=1S/C11H21N3/c1-9(2)11(3,12)6-5-10-13-7-8-14(10)4/h7-9H,5-6,12H2,1-4H3. The molecule has 0 amide bonds. The van der Waals surface area contributed by atoms with Crippen LogP contribution in [0.4, 0.5) is 0 Å². The van der Waals surface area contributed by atoms with E-state index in [9.17, 15) is 0 Å². The zero-order valence-corrected chi connectivity index (χ0v) is 9.62. The summed E-state index contributed by atoms with van der Waals surface area (Å²) in [4.78, 5) is 4.29. The SMILES string of the molecule is CC(C)C(C)(N)CCc1nccn1C. The van der Waals surface area contributed by atoms with Crippen molar-refractivity contribution in [3.8, 4) is 0 Å². The summed E-state index contributed by atoms with van der Waals surface area (Å²) < 4.78 is 2.05. The van der Waals surface area contributed by atoms with Crippen LogP contribution in [0.3, 0.4) is 0 Å². The Kier molecular flexibility index (Phi) is 3.32. The van der Waals surface area contributed by atoms with Crippen LogP contribution in [-0.2, 0) is 13.5 Å². The average molecular weight is 195 g/mol. The molecule has 0 fully saturated rings. The van der Waals surface area contributed by atoms with Gasteiger partial charge in [-0.2, -0.15) is 0 Å². The lowest BCUT2D eigenvalue weighted by atomic mass is 9.85. The van der Waals surface area contributed by atoms with Crippen molar-refractivity contribution < 1.29 is 0 Å². The third kappa shape index (κ3) is 2.58. The van der Waals surface area contributed by atoms with Crippen LogP contribution in [0, 0.1) is 5.92 Å². The van der Waals surface area contributed by atoms with Gasteiger partial charge >= 0.3 is 0 Å². The van der Waals surface area contributed by atoms with Crippen LogP contribution in [0.5, 0.6) is 0 Å². The third-order valence-electron chi connectivity index (χ3n) is 3.13. The lowest BCUT2D eigenvalue weighted by molar-refractivity contribution is 0.314. The zero-order valence-electron chi connectivity index (χ0n) is 9.62. The minimum absolute atomic E-state index is 0.0913. The molecule has 0 aliphatic heterocycles. The smallest absolute Gasteiger partial charge is 0.108 e. The van der Waals surface area contributed by atoms with Crippen LogP contribution in [0.1, 0.15) is 33.0 Å². The van der Waals surface area contributed by atoms with Crippen molar-refractivity contribution in [3.05, 3.63) is 18.2 Å². The predicted molar refractivity (Wildman–Crippen MR) is 59.0 cm³/mol. The first-order chi connectivity index (χ1) is 6.43. The summed E-state index contributed by atoms with van der Waals surface area (Å²) in [5.41, 5.74) is 6.10. The summed E-state index contributed by atoms with van der Waals surface area (Å²) in [6, 6.07) is 0. The maximum absolute atomic E-state index is 6.19. The van der Waals surface area contributed by atoms with Crippen molar-refractivity contribution in [2.45, 2.75) is 39.2 Å².